The average Bonchev–Trinajstić information content (AvgIpc) is 2.45. The lowest BCUT2D eigenvalue weighted by atomic mass is 10.1. The summed E-state index contributed by atoms with van der Waals surface area (Å²) in [7, 11) is 1.60. The van der Waals surface area contributed by atoms with Gasteiger partial charge in [-0.2, -0.15) is 5.26 Å². The molecule has 2 rings (SSSR count). The van der Waals surface area contributed by atoms with E-state index in [0.29, 0.717) is 5.75 Å². The number of ether oxygens (including phenoxy) is 1. The normalized spacial score (nSPS) is 11.5. The Labute approximate surface area is 134 Å². The van der Waals surface area contributed by atoms with E-state index in [1.54, 1.807) is 7.11 Å². The van der Waals surface area contributed by atoms with Crippen molar-refractivity contribution in [2.45, 2.75) is 6.04 Å². The number of hydrogen-bond acceptors (Lipinski definition) is 3. The fourth-order valence-electron chi connectivity index (χ4n) is 1.86. The molecule has 0 saturated carbocycles. The van der Waals surface area contributed by atoms with Gasteiger partial charge in [0, 0.05) is 20.2 Å². The predicted octanol–water partition coefficient (Wildman–Crippen LogP) is 4.90. The third-order valence-corrected chi connectivity index (χ3v) is 3.75. The predicted molar refractivity (Wildman–Crippen MR) is 86.8 cm³/mol. The van der Waals surface area contributed by atoms with E-state index in [1.807, 2.05) is 42.5 Å². The molecule has 0 heterocycles. The highest BCUT2D eigenvalue weighted by Gasteiger charge is 2.16. The molecule has 102 valence electrons. The molecule has 0 aliphatic rings. The fraction of sp³-hybridized carbons (Fsp3) is 0.133. The summed E-state index contributed by atoms with van der Waals surface area (Å²) in [6.07, 6.45) is 0. The maximum absolute atomic E-state index is 9.43. The zero-order chi connectivity index (χ0) is 14.5. The molecule has 0 aliphatic heterocycles. The minimum atomic E-state index is -0.489. The summed E-state index contributed by atoms with van der Waals surface area (Å²) in [5.41, 5.74) is 1.66. The van der Waals surface area contributed by atoms with Gasteiger partial charge in [0.05, 0.1) is 13.2 Å². The molecule has 0 aliphatic carbocycles. The molecule has 0 bridgehead atoms. The van der Waals surface area contributed by atoms with Crippen LogP contribution in [0.25, 0.3) is 0 Å². The van der Waals surface area contributed by atoms with Crippen molar-refractivity contribution in [3.05, 3.63) is 57.0 Å². The van der Waals surface area contributed by atoms with E-state index < -0.39 is 6.04 Å². The van der Waals surface area contributed by atoms with Crippen molar-refractivity contribution in [2.75, 3.05) is 12.4 Å². The van der Waals surface area contributed by atoms with Gasteiger partial charge in [0.2, 0.25) is 0 Å². The van der Waals surface area contributed by atoms with E-state index in [0.717, 1.165) is 20.2 Å². The minimum absolute atomic E-state index is 0.489. The quantitative estimate of drug-likeness (QED) is 0.800. The van der Waals surface area contributed by atoms with Crippen molar-refractivity contribution in [3.63, 3.8) is 0 Å². The van der Waals surface area contributed by atoms with Crippen LogP contribution in [-0.4, -0.2) is 7.11 Å². The van der Waals surface area contributed by atoms with Crippen molar-refractivity contribution in [1.82, 2.24) is 0 Å². The van der Waals surface area contributed by atoms with Crippen LogP contribution in [-0.2, 0) is 0 Å². The van der Waals surface area contributed by atoms with Crippen molar-refractivity contribution < 1.29 is 4.74 Å². The largest absolute Gasteiger partial charge is 0.496 e. The van der Waals surface area contributed by atoms with Gasteiger partial charge in [-0.1, -0.05) is 37.9 Å². The Morgan fingerprint density at radius 3 is 2.55 bits per heavy atom. The second kappa shape index (κ2) is 6.78. The maximum Gasteiger partial charge on any atom is 0.143 e. The number of methoxy groups -OCH3 is 1. The van der Waals surface area contributed by atoms with Gasteiger partial charge in [0.1, 0.15) is 11.8 Å². The third kappa shape index (κ3) is 3.53. The maximum atomic E-state index is 9.43. The molecule has 0 saturated heterocycles. The Bertz CT molecular complexity index is 653. The first kappa shape index (κ1) is 14.9. The molecule has 2 aromatic rings. The lowest BCUT2D eigenvalue weighted by Crippen LogP contribution is -2.10. The lowest BCUT2D eigenvalue weighted by molar-refractivity contribution is 0.409. The highest BCUT2D eigenvalue weighted by molar-refractivity contribution is 9.10. The first-order valence-corrected chi connectivity index (χ1v) is 7.48. The number of nitriles is 1. The monoisotopic (exact) mass is 394 g/mol. The number of nitrogens with zero attached hydrogens (tertiary/aromatic N) is 1. The van der Waals surface area contributed by atoms with Crippen LogP contribution in [0, 0.1) is 11.3 Å². The average molecular weight is 396 g/mol. The van der Waals surface area contributed by atoms with Gasteiger partial charge in [0.15, 0.2) is 0 Å². The summed E-state index contributed by atoms with van der Waals surface area (Å²) < 4.78 is 7.19. The van der Waals surface area contributed by atoms with Crippen molar-refractivity contribution >= 4 is 37.5 Å². The summed E-state index contributed by atoms with van der Waals surface area (Å²) in [6.45, 7) is 0. The molecule has 5 heteroatoms. The number of anilines is 1. The molecule has 0 amide bonds. The second-order valence-electron chi connectivity index (χ2n) is 4.10. The molecule has 0 radical (unpaired) electrons. The first-order valence-electron chi connectivity index (χ1n) is 5.89. The van der Waals surface area contributed by atoms with Crippen LogP contribution in [0.3, 0.4) is 0 Å². The van der Waals surface area contributed by atoms with Crippen LogP contribution in [0.2, 0.25) is 0 Å². The van der Waals surface area contributed by atoms with Crippen molar-refractivity contribution in [3.8, 4) is 11.8 Å². The summed E-state index contributed by atoms with van der Waals surface area (Å²) in [6, 6.07) is 15.1. The Morgan fingerprint density at radius 2 is 1.90 bits per heavy atom. The summed E-state index contributed by atoms with van der Waals surface area (Å²) in [4.78, 5) is 0. The molecule has 1 atom stereocenters. The summed E-state index contributed by atoms with van der Waals surface area (Å²) in [5, 5.41) is 12.6. The minimum Gasteiger partial charge on any atom is -0.496 e. The van der Waals surface area contributed by atoms with Gasteiger partial charge < -0.3 is 10.1 Å². The Balaban J connectivity index is 2.34. The van der Waals surface area contributed by atoms with Crippen LogP contribution in [0.15, 0.2) is 51.4 Å². The van der Waals surface area contributed by atoms with E-state index in [4.69, 9.17) is 4.74 Å². The van der Waals surface area contributed by atoms with Crippen LogP contribution < -0.4 is 10.1 Å². The number of rotatable bonds is 4. The zero-order valence-corrected chi connectivity index (χ0v) is 13.9. The smallest absolute Gasteiger partial charge is 0.143 e. The van der Waals surface area contributed by atoms with Crippen molar-refractivity contribution in [2.24, 2.45) is 0 Å². The molecule has 0 fully saturated rings. The van der Waals surface area contributed by atoms with E-state index in [1.165, 1.54) is 0 Å². The second-order valence-corrected chi connectivity index (χ2v) is 5.93. The SMILES string of the molecule is COc1ccc(Br)cc1C(C#N)Nc1cccc(Br)c1. The van der Waals surface area contributed by atoms with E-state index >= 15 is 0 Å². The van der Waals surface area contributed by atoms with Gasteiger partial charge in [0.25, 0.3) is 0 Å². The molecule has 20 heavy (non-hydrogen) atoms. The Kier molecular flexibility index (Phi) is 5.05. The molecule has 3 nitrogen and oxygen atoms in total. The van der Waals surface area contributed by atoms with Crippen LogP contribution >= 0.6 is 31.9 Å². The summed E-state index contributed by atoms with van der Waals surface area (Å²) in [5.74, 6) is 0.683. The molecular formula is C15H12Br2N2O. The van der Waals surface area contributed by atoms with Crippen LogP contribution in [0.4, 0.5) is 5.69 Å². The zero-order valence-electron chi connectivity index (χ0n) is 10.7. The van der Waals surface area contributed by atoms with Gasteiger partial charge in [-0.15, -0.1) is 0 Å². The standard InChI is InChI=1S/C15H12Br2N2O/c1-20-15-6-5-11(17)8-13(15)14(9-18)19-12-4-2-3-10(16)7-12/h2-8,14,19H,1H3. The van der Waals surface area contributed by atoms with Gasteiger partial charge in [-0.05, 0) is 36.4 Å². The van der Waals surface area contributed by atoms with E-state index in [2.05, 4.69) is 43.2 Å². The number of benzene rings is 2. The van der Waals surface area contributed by atoms with E-state index in [-0.39, 0.29) is 0 Å². The van der Waals surface area contributed by atoms with Gasteiger partial charge in [-0.3, -0.25) is 0 Å². The highest BCUT2D eigenvalue weighted by Crippen LogP contribution is 2.31. The van der Waals surface area contributed by atoms with Crippen LogP contribution in [0.5, 0.6) is 5.75 Å². The summed E-state index contributed by atoms with van der Waals surface area (Å²) >= 11 is 6.83. The Morgan fingerprint density at radius 1 is 1.15 bits per heavy atom. The molecule has 1 N–H and O–H groups in total. The fourth-order valence-corrected chi connectivity index (χ4v) is 2.63. The third-order valence-electron chi connectivity index (χ3n) is 2.77. The molecule has 0 spiro atoms. The van der Waals surface area contributed by atoms with E-state index in [9.17, 15) is 5.26 Å². The number of halogens is 2. The number of hydrogen-bond donors (Lipinski definition) is 1. The van der Waals surface area contributed by atoms with Crippen LogP contribution in [0.1, 0.15) is 11.6 Å². The lowest BCUT2D eigenvalue weighted by Gasteiger charge is -2.17. The first-order chi connectivity index (χ1) is 9.63. The molecule has 0 aromatic heterocycles. The molecule has 2 aromatic carbocycles. The number of nitrogens with one attached hydrogen (secondary N) is 1. The topological polar surface area (TPSA) is 45.0 Å². The Hall–Kier alpha value is -1.51. The van der Waals surface area contributed by atoms with Gasteiger partial charge in [-0.25, -0.2) is 0 Å². The van der Waals surface area contributed by atoms with Gasteiger partial charge >= 0.3 is 0 Å². The molecule has 1 unspecified atom stereocenters. The molecular weight excluding hydrogens is 384 g/mol. The van der Waals surface area contributed by atoms with Crippen molar-refractivity contribution in [1.29, 1.82) is 5.26 Å². The highest BCUT2D eigenvalue weighted by atomic mass is 79.9.